The van der Waals surface area contributed by atoms with E-state index in [-0.39, 0.29) is 0 Å². The maximum Gasteiger partial charge on any atom is 0.107 e. The van der Waals surface area contributed by atoms with Crippen LogP contribution in [0.5, 0.6) is 0 Å². The van der Waals surface area contributed by atoms with Crippen LogP contribution in [0.3, 0.4) is 0 Å². The summed E-state index contributed by atoms with van der Waals surface area (Å²) in [5.41, 5.74) is 6.51. The molecule has 2 N–H and O–H groups in total. The Bertz CT molecular complexity index is 368. The van der Waals surface area contributed by atoms with Gasteiger partial charge in [-0.1, -0.05) is 11.6 Å². The topological polar surface area (TPSA) is 29.3 Å². The van der Waals surface area contributed by atoms with Crippen LogP contribution in [0.4, 0.5) is 10.1 Å². The molecule has 1 saturated heterocycles. The maximum atomic E-state index is 12.9. The monoisotopic (exact) mass is 256 g/mol. The Morgan fingerprint density at radius 1 is 1.24 bits per heavy atom. The Morgan fingerprint density at radius 3 is 2.59 bits per heavy atom. The van der Waals surface area contributed by atoms with Gasteiger partial charge in [-0.3, -0.25) is 0 Å². The molecule has 0 radical (unpaired) electrons. The zero-order chi connectivity index (χ0) is 12.3. The quantitative estimate of drug-likeness (QED) is 0.882. The van der Waals surface area contributed by atoms with Crippen LogP contribution in [-0.4, -0.2) is 25.3 Å². The zero-order valence-corrected chi connectivity index (χ0v) is 10.6. The van der Waals surface area contributed by atoms with E-state index in [9.17, 15) is 4.39 Å². The molecular formula is C13H18ClFN2. The van der Waals surface area contributed by atoms with Crippen molar-refractivity contribution in [2.45, 2.75) is 24.8 Å². The summed E-state index contributed by atoms with van der Waals surface area (Å²) < 4.78 is 12.9. The minimum atomic E-state index is -0.624. The molecule has 0 saturated carbocycles. The molecular weight excluding hydrogens is 239 g/mol. The molecule has 1 aliphatic heterocycles. The first-order valence-corrected chi connectivity index (χ1v) is 6.36. The smallest absolute Gasteiger partial charge is 0.107 e. The molecule has 0 amide bonds. The zero-order valence-electron chi connectivity index (χ0n) is 9.83. The van der Waals surface area contributed by atoms with Gasteiger partial charge >= 0.3 is 0 Å². The van der Waals surface area contributed by atoms with Crippen LogP contribution in [0, 0.1) is 0 Å². The summed E-state index contributed by atoms with van der Waals surface area (Å²) in [5, 5.41) is 0.737. The van der Waals surface area contributed by atoms with Gasteiger partial charge in [0.15, 0.2) is 0 Å². The van der Waals surface area contributed by atoms with Gasteiger partial charge in [-0.05, 0) is 43.5 Å². The van der Waals surface area contributed by atoms with Gasteiger partial charge in [-0.15, -0.1) is 0 Å². The van der Waals surface area contributed by atoms with E-state index in [2.05, 4.69) is 4.90 Å². The maximum absolute atomic E-state index is 12.9. The minimum Gasteiger partial charge on any atom is -0.371 e. The lowest BCUT2D eigenvalue weighted by Gasteiger charge is -2.25. The Balaban J connectivity index is 2.06. The van der Waals surface area contributed by atoms with Crippen molar-refractivity contribution in [2.24, 2.45) is 5.73 Å². The Kier molecular flexibility index (Phi) is 3.89. The molecule has 2 nitrogen and oxygen atoms in total. The molecule has 1 fully saturated rings. The number of nitrogens with zero attached hydrogens (tertiary/aromatic N) is 1. The fraction of sp³-hybridized carbons (Fsp3) is 0.538. The largest absolute Gasteiger partial charge is 0.371 e. The van der Waals surface area contributed by atoms with Crippen molar-refractivity contribution < 1.29 is 4.39 Å². The summed E-state index contributed by atoms with van der Waals surface area (Å²) in [7, 11) is 0. The lowest BCUT2D eigenvalue weighted by Crippen LogP contribution is -2.43. The average Bonchev–Trinajstić information content (AvgIpc) is 2.53. The fourth-order valence-corrected chi connectivity index (χ4v) is 2.39. The second-order valence-electron chi connectivity index (χ2n) is 4.81. The normalized spacial score (nSPS) is 25.7. The van der Waals surface area contributed by atoms with Crippen LogP contribution in [0.2, 0.25) is 5.02 Å². The summed E-state index contributed by atoms with van der Waals surface area (Å²) in [4.78, 5) is 2.25. The van der Waals surface area contributed by atoms with Gasteiger partial charge in [-0.2, -0.15) is 0 Å². The van der Waals surface area contributed by atoms with E-state index in [0.717, 1.165) is 36.6 Å². The number of benzene rings is 1. The molecule has 0 spiro atoms. The van der Waals surface area contributed by atoms with Crippen LogP contribution >= 0.6 is 11.6 Å². The first-order chi connectivity index (χ1) is 8.13. The van der Waals surface area contributed by atoms with E-state index in [4.69, 9.17) is 17.3 Å². The number of nitrogens with two attached hydrogens (primary N) is 1. The highest BCUT2D eigenvalue weighted by Gasteiger charge is 2.28. The second kappa shape index (κ2) is 5.23. The van der Waals surface area contributed by atoms with E-state index in [0.29, 0.717) is 6.42 Å². The predicted octanol–water partition coefficient (Wildman–Crippen LogP) is 3.00. The molecule has 0 aliphatic carbocycles. The summed E-state index contributed by atoms with van der Waals surface area (Å²) in [6.45, 7) is 1.31. The Hall–Kier alpha value is -0.800. The van der Waals surface area contributed by atoms with Gasteiger partial charge in [0.2, 0.25) is 0 Å². The molecule has 1 aromatic rings. The van der Waals surface area contributed by atoms with Crippen LogP contribution in [0.1, 0.15) is 19.3 Å². The van der Waals surface area contributed by atoms with Crippen molar-refractivity contribution in [3.63, 3.8) is 0 Å². The molecule has 0 aromatic heterocycles. The highest BCUT2D eigenvalue weighted by atomic mass is 35.5. The van der Waals surface area contributed by atoms with Crippen molar-refractivity contribution >= 4 is 17.3 Å². The molecule has 1 heterocycles. The number of alkyl halides is 1. The summed E-state index contributed by atoms with van der Waals surface area (Å²) in [6, 6.07) is 7.77. The number of hydrogen-bond acceptors (Lipinski definition) is 2. The van der Waals surface area contributed by atoms with Crippen molar-refractivity contribution in [1.29, 1.82) is 0 Å². The molecule has 1 unspecified atom stereocenters. The van der Waals surface area contributed by atoms with E-state index in [1.807, 2.05) is 24.3 Å². The van der Waals surface area contributed by atoms with E-state index in [1.54, 1.807) is 0 Å². The molecule has 17 heavy (non-hydrogen) atoms. The number of anilines is 1. The van der Waals surface area contributed by atoms with E-state index in [1.165, 1.54) is 0 Å². The summed E-state index contributed by atoms with van der Waals surface area (Å²) >= 11 is 5.86. The molecule has 1 atom stereocenters. The van der Waals surface area contributed by atoms with Gasteiger partial charge in [0.1, 0.15) is 6.67 Å². The summed E-state index contributed by atoms with van der Waals surface area (Å²) in [5.74, 6) is 0. The van der Waals surface area contributed by atoms with Gasteiger partial charge in [0.25, 0.3) is 0 Å². The minimum absolute atomic E-state index is 0.429. The Labute approximate surface area is 107 Å². The van der Waals surface area contributed by atoms with Crippen LogP contribution in [0.15, 0.2) is 24.3 Å². The lowest BCUT2D eigenvalue weighted by atomic mass is 9.94. The summed E-state index contributed by atoms with van der Waals surface area (Å²) in [6.07, 6.45) is 2.39. The molecule has 0 bridgehead atoms. The first-order valence-electron chi connectivity index (χ1n) is 5.98. The highest BCUT2D eigenvalue weighted by Crippen LogP contribution is 2.25. The fourth-order valence-electron chi connectivity index (χ4n) is 2.26. The van der Waals surface area contributed by atoms with Gasteiger partial charge in [0, 0.05) is 29.3 Å². The first kappa shape index (κ1) is 12.7. The number of halogens is 2. The van der Waals surface area contributed by atoms with Gasteiger partial charge < -0.3 is 10.6 Å². The van der Waals surface area contributed by atoms with E-state index >= 15 is 0 Å². The third kappa shape index (κ3) is 3.11. The standard InChI is InChI=1S/C13H18ClFN2/c14-11-2-4-12(5-3-11)17-8-1-6-13(16,10-15)7-9-17/h2-5H,1,6-10,16H2. The van der Waals surface area contributed by atoms with Crippen molar-refractivity contribution in [3.8, 4) is 0 Å². The molecule has 1 aliphatic rings. The average molecular weight is 257 g/mol. The lowest BCUT2D eigenvalue weighted by molar-refractivity contribution is 0.282. The van der Waals surface area contributed by atoms with Crippen molar-refractivity contribution in [1.82, 2.24) is 0 Å². The van der Waals surface area contributed by atoms with Crippen LogP contribution in [-0.2, 0) is 0 Å². The van der Waals surface area contributed by atoms with E-state index < -0.39 is 12.2 Å². The van der Waals surface area contributed by atoms with Crippen LogP contribution < -0.4 is 10.6 Å². The van der Waals surface area contributed by atoms with Crippen molar-refractivity contribution in [3.05, 3.63) is 29.3 Å². The number of rotatable bonds is 2. The third-order valence-electron chi connectivity index (χ3n) is 3.44. The Morgan fingerprint density at radius 2 is 1.94 bits per heavy atom. The third-order valence-corrected chi connectivity index (χ3v) is 3.69. The molecule has 4 heteroatoms. The molecule has 94 valence electrons. The van der Waals surface area contributed by atoms with Gasteiger partial charge in [-0.25, -0.2) is 4.39 Å². The second-order valence-corrected chi connectivity index (χ2v) is 5.25. The van der Waals surface area contributed by atoms with Crippen molar-refractivity contribution in [2.75, 3.05) is 24.7 Å². The predicted molar refractivity (Wildman–Crippen MR) is 70.4 cm³/mol. The number of hydrogen-bond donors (Lipinski definition) is 1. The molecule has 1 aromatic carbocycles. The SMILES string of the molecule is NC1(CF)CCCN(c2ccc(Cl)cc2)CC1. The highest BCUT2D eigenvalue weighted by molar-refractivity contribution is 6.30. The van der Waals surface area contributed by atoms with Gasteiger partial charge in [0.05, 0.1) is 0 Å². The van der Waals surface area contributed by atoms with Crippen LogP contribution in [0.25, 0.3) is 0 Å². The molecule has 2 rings (SSSR count).